The van der Waals surface area contributed by atoms with E-state index in [0.29, 0.717) is 18.3 Å². The lowest BCUT2D eigenvalue weighted by Crippen LogP contribution is -2.34. The van der Waals surface area contributed by atoms with Crippen LogP contribution in [0.2, 0.25) is 0 Å². The molecule has 0 bridgehead atoms. The van der Waals surface area contributed by atoms with Gasteiger partial charge in [0, 0.05) is 24.2 Å². The van der Waals surface area contributed by atoms with Crippen LogP contribution in [0.25, 0.3) is 0 Å². The second-order valence-corrected chi connectivity index (χ2v) is 6.31. The van der Waals surface area contributed by atoms with E-state index in [1.165, 1.54) is 6.42 Å². The molecule has 4 rings (SSSR count). The van der Waals surface area contributed by atoms with Crippen molar-refractivity contribution in [1.29, 1.82) is 0 Å². The molecule has 0 spiro atoms. The van der Waals surface area contributed by atoms with E-state index in [1.807, 2.05) is 22.9 Å². The molecule has 1 aromatic heterocycles. The Morgan fingerprint density at radius 2 is 2.21 bits per heavy atom. The zero-order chi connectivity index (χ0) is 16.5. The van der Waals surface area contributed by atoms with Crippen LogP contribution in [0, 0.1) is 0 Å². The van der Waals surface area contributed by atoms with E-state index in [0.717, 1.165) is 36.3 Å². The fourth-order valence-corrected chi connectivity index (χ4v) is 3.30. The topological polar surface area (TPSA) is 65.4 Å². The van der Waals surface area contributed by atoms with Gasteiger partial charge in [0.25, 0.3) is 5.91 Å². The summed E-state index contributed by atoms with van der Waals surface area (Å²) in [6, 6.07) is 7.82. The van der Waals surface area contributed by atoms with E-state index >= 15 is 0 Å². The van der Waals surface area contributed by atoms with Gasteiger partial charge < -0.3 is 14.8 Å². The quantitative estimate of drug-likeness (QED) is 0.938. The number of carbonyl (C=O) groups excluding carboxylic acids is 1. The van der Waals surface area contributed by atoms with Crippen LogP contribution in [-0.4, -0.2) is 29.4 Å². The summed E-state index contributed by atoms with van der Waals surface area (Å²) < 4.78 is 12.8. The van der Waals surface area contributed by atoms with Crippen LogP contribution >= 0.6 is 0 Å². The molecule has 1 fully saturated rings. The predicted molar refractivity (Wildman–Crippen MR) is 88.4 cm³/mol. The number of hydrogen-bond acceptors (Lipinski definition) is 4. The first kappa shape index (κ1) is 15.1. The van der Waals surface area contributed by atoms with Crippen LogP contribution in [0.3, 0.4) is 0 Å². The Morgan fingerprint density at radius 3 is 2.96 bits per heavy atom. The van der Waals surface area contributed by atoms with Crippen LogP contribution in [0.1, 0.15) is 53.8 Å². The summed E-state index contributed by atoms with van der Waals surface area (Å²) in [7, 11) is 1.63. The van der Waals surface area contributed by atoms with Gasteiger partial charge in [-0.3, -0.25) is 9.48 Å². The zero-order valence-corrected chi connectivity index (χ0v) is 13.7. The number of amides is 1. The first-order valence-electron chi connectivity index (χ1n) is 8.41. The molecule has 1 unspecified atom stereocenters. The molecule has 2 aliphatic rings. The first-order chi connectivity index (χ1) is 11.8. The monoisotopic (exact) mass is 327 g/mol. The Hall–Kier alpha value is -2.50. The minimum Gasteiger partial charge on any atom is -0.497 e. The van der Waals surface area contributed by atoms with Gasteiger partial charge in [-0.05, 0) is 37.5 Å². The Bertz CT molecular complexity index is 752. The molecule has 1 saturated carbocycles. The van der Waals surface area contributed by atoms with E-state index in [4.69, 9.17) is 9.47 Å². The van der Waals surface area contributed by atoms with E-state index in [9.17, 15) is 4.79 Å². The van der Waals surface area contributed by atoms with Gasteiger partial charge in [0.1, 0.15) is 17.2 Å². The number of carbonyl (C=O) groups is 1. The maximum atomic E-state index is 12.7. The summed E-state index contributed by atoms with van der Waals surface area (Å²) >= 11 is 0. The van der Waals surface area contributed by atoms with Gasteiger partial charge in [0.2, 0.25) is 0 Å². The molecule has 24 heavy (non-hydrogen) atoms. The Labute approximate surface area is 140 Å². The molecule has 2 aromatic rings. The number of fused-ring (bicyclic) bond motifs is 1. The van der Waals surface area contributed by atoms with E-state index < -0.39 is 0 Å². The predicted octanol–water partition coefficient (Wildman–Crippen LogP) is 2.87. The summed E-state index contributed by atoms with van der Waals surface area (Å²) in [5, 5.41) is 7.47. The number of methoxy groups -OCH3 is 1. The lowest BCUT2D eigenvalue weighted by molar-refractivity contribution is 0.0906. The maximum Gasteiger partial charge on any atom is 0.270 e. The highest BCUT2D eigenvalue weighted by atomic mass is 16.5. The number of hydrogen-bond donors (Lipinski definition) is 1. The molecule has 6 heteroatoms. The molecule has 0 saturated heterocycles. The smallest absolute Gasteiger partial charge is 0.270 e. The Balaban J connectivity index is 1.54. The summed E-state index contributed by atoms with van der Waals surface area (Å²) in [6.07, 6.45) is 5.86. The second-order valence-electron chi connectivity index (χ2n) is 6.31. The van der Waals surface area contributed by atoms with E-state index in [2.05, 4.69) is 10.4 Å². The van der Waals surface area contributed by atoms with Crippen molar-refractivity contribution in [2.75, 3.05) is 13.7 Å². The van der Waals surface area contributed by atoms with E-state index in [-0.39, 0.29) is 11.9 Å². The highest BCUT2D eigenvalue weighted by molar-refractivity contribution is 5.92. The number of rotatable bonds is 4. The fourth-order valence-electron chi connectivity index (χ4n) is 3.30. The number of aromatic nitrogens is 2. The van der Waals surface area contributed by atoms with Crippen LogP contribution in [0.5, 0.6) is 11.5 Å². The number of benzene rings is 1. The Morgan fingerprint density at radius 1 is 1.33 bits per heavy atom. The van der Waals surface area contributed by atoms with Crippen molar-refractivity contribution in [1.82, 2.24) is 15.1 Å². The van der Waals surface area contributed by atoms with Gasteiger partial charge in [-0.1, -0.05) is 0 Å². The minimum absolute atomic E-state index is 0.0584. The third kappa shape index (κ3) is 2.62. The lowest BCUT2D eigenvalue weighted by Gasteiger charge is -2.29. The summed E-state index contributed by atoms with van der Waals surface area (Å²) in [5.41, 5.74) is 1.63. The summed E-state index contributed by atoms with van der Waals surface area (Å²) in [6.45, 7) is 0.576. The van der Waals surface area contributed by atoms with Crippen molar-refractivity contribution in [3.05, 3.63) is 41.7 Å². The van der Waals surface area contributed by atoms with Crippen molar-refractivity contribution in [3.63, 3.8) is 0 Å². The number of nitrogens with one attached hydrogen (secondary N) is 1. The van der Waals surface area contributed by atoms with Gasteiger partial charge in [0.05, 0.1) is 25.8 Å². The first-order valence-corrected chi connectivity index (χ1v) is 8.41. The third-order valence-corrected chi connectivity index (χ3v) is 4.89. The molecule has 1 aliphatic heterocycles. The molecule has 0 radical (unpaired) electrons. The van der Waals surface area contributed by atoms with Crippen LogP contribution in [-0.2, 0) is 0 Å². The standard InChI is InChI=1S/C18H21N3O3/c1-23-13-5-6-14-15(8-10-24-17(14)11-13)20-18(22)16-7-9-19-21(16)12-3-2-4-12/h5-7,9,11-12,15H,2-4,8,10H2,1H3,(H,20,22). The van der Waals surface area contributed by atoms with Crippen molar-refractivity contribution in [3.8, 4) is 11.5 Å². The number of nitrogens with zero attached hydrogens (tertiary/aromatic N) is 2. The molecule has 126 valence electrons. The average molecular weight is 327 g/mol. The van der Waals surface area contributed by atoms with Crippen LogP contribution in [0.4, 0.5) is 0 Å². The molecular weight excluding hydrogens is 306 g/mol. The lowest BCUT2D eigenvalue weighted by atomic mass is 9.93. The van der Waals surface area contributed by atoms with Crippen LogP contribution < -0.4 is 14.8 Å². The molecule has 1 N–H and O–H groups in total. The van der Waals surface area contributed by atoms with Crippen molar-refractivity contribution in [2.45, 2.75) is 37.8 Å². The summed E-state index contributed by atoms with van der Waals surface area (Å²) in [4.78, 5) is 12.7. The largest absolute Gasteiger partial charge is 0.497 e. The van der Waals surface area contributed by atoms with Gasteiger partial charge in [-0.15, -0.1) is 0 Å². The second kappa shape index (κ2) is 6.19. The van der Waals surface area contributed by atoms with Gasteiger partial charge in [-0.25, -0.2) is 0 Å². The number of ether oxygens (including phenoxy) is 2. The molecular formula is C18H21N3O3. The summed E-state index contributed by atoms with van der Waals surface area (Å²) in [5.74, 6) is 1.45. The third-order valence-electron chi connectivity index (χ3n) is 4.89. The van der Waals surface area contributed by atoms with Gasteiger partial charge in [-0.2, -0.15) is 5.10 Å². The fraction of sp³-hybridized carbons (Fsp3) is 0.444. The highest BCUT2D eigenvalue weighted by Crippen LogP contribution is 2.35. The molecule has 1 aromatic carbocycles. The highest BCUT2D eigenvalue weighted by Gasteiger charge is 2.28. The van der Waals surface area contributed by atoms with Crippen molar-refractivity contribution in [2.24, 2.45) is 0 Å². The molecule has 1 amide bonds. The van der Waals surface area contributed by atoms with E-state index in [1.54, 1.807) is 19.4 Å². The zero-order valence-electron chi connectivity index (χ0n) is 13.7. The molecule has 2 heterocycles. The minimum atomic E-state index is -0.0759. The molecule has 1 aliphatic carbocycles. The maximum absolute atomic E-state index is 12.7. The van der Waals surface area contributed by atoms with Gasteiger partial charge in [0.15, 0.2) is 0 Å². The van der Waals surface area contributed by atoms with Crippen molar-refractivity contribution >= 4 is 5.91 Å². The molecule has 6 nitrogen and oxygen atoms in total. The average Bonchev–Trinajstić information content (AvgIpc) is 3.02. The van der Waals surface area contributed by atoms with Crippen LogP contribution in [0.15, 0.2) is 30.5 Å². The van der Waals surface area contributed by atoms with Crippen molar-refractivity contribution < 1.29 is 14.3 Å². The Kier molecular flexibility index (Phi) is 3.88. The molecule has 1 atom stereocenters. The SMILES string of the molecule is COc1ccc2c(c1)OCCC2NC(=O)c1ccnn1C1CCC1. The van der Waals surface area contributed by atoms with Gasteiger partial charge >= 0.3 is 0 Å². The normalized spacial score (nSPS) is 19.8.